The predicted octanol–water partition coefficient (Wildman–Crippen LogP) is 2.66. The third kappa shape index (κ3) is 1.91. The van der Waals surface area contributed by atoms with Crippen molar-refractivity contribution in [2.24, 2.45) is 5.73 Å². The van der Waals surface area contributed by atoms with Gasteiger partial charge < -0.3 is 10.2 Å². The van der Waals surface area contributed by atoms with Crippen LogP contribution in [-0.4, -0.2) is 6.54 Å². The van der Waals surface area contributed by atoms with E-state index in [1.54, 1.807) is 6.26 Å². The lowest BCUT2D eigenvalue weighted by atomic mass is 10.1. The zero-order chi connectivity index (χ0) is 9.26. The summed E-state index contributed by atoms with van der Waals surface area (Å²) in [5.74, 6) is 0. The molecule has 0 unspecified atom stereocenters. The van der Waals surface area contributed by atoms with Gasteiger partial charge in [0.2, 0.25) is 0 Å². The van der Waals surface area contributed by atoms with E-state index in [4.69, 9.17) is 10.2 Å². The summed E-state index contributed by atoms with van der Waals surface area (Å²) < 4.78 is 5.43. The number of benzene rings is 1. The van der Waals surface area contributed by atoms with Gasteiger partial charge in [0.15, 0.2) is 0 Å². The van der Waals surface area contributed by atoms with Crippen molar-refractivity contribution in [1.29, 1.82) is 0 Å². The van der Waals surface area contributed by atoms with E-state index >= 15 is 0 Å². The maximum absolute atomic E-state index is 5.50. The predicted molar refractivity (Wildman–Crippen MR) is 61.0 cm³/mol. The van der Waals surface area contributed by atoms with Crippen LogP contribution in [0.25, 0.3) is 11.0 Å². The molecule has 2 rings (SSSR count). The minimum atomic E-state index is 0. The first kappa shape index (κ1) is 11.1. The maximum Gasteiger partial charge on any atom is 0.134 e. The van der Waals surface area contributed by atoms with Gasteiger partial charge in [-0.25, -0.2) is 0 Å². The quantitative estimate of drug-likeness (QED) is 0.830. The molecule has 0 spiro atoms. The first-order valence-electron chi connectivity index (χ1n) is 4.48. The van der Waals surface area contributed by atoms with Crippen molar-refractivity contribution in [3.8, 4) is 0 Å². The molecule has 2 N–H and O–H groups in total. The average Bonchev–Trinajstić information content (AvgIpc) is 2.49. The Morgan fingerprint density at radius 3 is 2.86 bits per heavy atom. The van der Waals surface area contributed by atoms with Crippen molar-refractivity contribution < 1.29 is 4.42 Å². The summed E-state index contributed by atoms with van der Waals surface area (Å²) in [6.45, 7) is 2.73. The third-order valence-corrected chi connectivity index (χ3v) is 2.22. The monoisotopic (exact) mass is 211 g/mol. The molecule has 2 aromatic rings. The average molecular weight is 212 g/mol. The van der Waals surface area contributed by atoms with Crippen LogP contribution in [-0.2, 0) is 6.42 Å². The van der Waals surface area contributed by atoms with Gasteiger partial charge in [-0.15, -0.1) is 12.4 Å². The Morgan fingerprint density at radius 1 is 1.36 bits per heavy atom. The highest BCUT2D eigenvalue weighted by atomic mass is 35.5. The van der Waals surface area contributed by atoms with Crippen LogP contribution in [0.1, 0.15) is 11.1 Å². The molecule has 0 saturated heterocycles. The summed E-state index contributed by atoms with van der Waals surface area (Å²) >= 11 is 0. The number of furan rings is 1. The Labute approximate surface area is 89.5 Å². The summed E-state index contributed by atoms with van der Waals surface area (Å²) in [4.78, 5) is 0. The molecule has 0 aliphatic rings. The first-order valence-corrected chi connectivity index (χ1v) is 4.48. The van der Waals surface area contributed by atoms with E-state index in [-0.39, 0.29) is 12.4 Å². The van der Waals surface area contributed by atoms with Gasteiger partial charge >= 0.3 is 0 Å². The number of hydrogen-bond donors (Lipinski definition) is 1. The molecule has 0 saturated carbocycles. The van der Waals surface area contributed by atoms with Crippen molar-refractivity contribution in [3.63, 3.8) is 0 Å². The number of hydrogen-bond acceptors (Lipinski definition) is 2. The van der Waals surface area contributed by atoms with Crippen LogP contribution >= 0.6 is 12.4 Å². The largest absolute Gasteiger partial charge is 0.464 e. The van der Waals surface area contributed by atoms with Crippen molar-refractivity contribution in [3.05, 3.63) is 35.6 Å². The summed E-state index contributed by atoms with van der Waals surface area (Å²) in [6, 6.07) is 6.24. The zero-order valence-corrected chi connectivity index (χ0v) is 8.93. The molecule has 76 valence electrons. The standard InChI is InChI=1S/C11H13NO.ClH/c1-8-2-3-10-9(4-5-12)7-13-11(10)6-8;/h2-3,6-7H,4-5,12H2,1H3;1H. The van der Waals surface area contributed by atoms with Crippen LogP contribution in [0, 0.1) is 6.92 Å². The lowest BCUT2D eigenvalue weighted by Gasteiger charge is -1.94. The fourth-order valence-electron chi connectivity index (χ4n) is 1.54. The molecule has 0 atom stereocenters. The van der Waals surface area contributed by atoms with Gasteiger partial charge in [-0.2, -0.15) is 0 Å². The highest BCUT2D eigenvalue weighted by Gasteiger charge is 2.03. The Hall–Kier alpha value is -0.990. The van der Waals surface area contributed by atoms with E-state index in [2.05, 4.69) is 25.1 Å². The van der Waals surface area contributed by atoms with Crippen LogP contribution < -0.4 is 5.73 Å². The Balaban J connectivity index is 0.000000980. The molecule has 3 heteroatoms. The number of aryl methyl sites for hydroxylation is 1. The molecule has 14 heavy (non-hydrogen) atoms. The maximum atomic E-state index is 5.50. The minimum absolute atomic E-state index is 0. The van der Waals surface area contributed by atoms with Gasteiger partial charge in [0.25, 0.3) is 0 Å². The lowest BCUT2D eigenvalue weighted by Crippen LogP contribution is -2.01. The van der Waals surface area contributed by atoms with Crippen LogP contribution in [0.15, 0.2) is 28.9 Å². The van der Waals surface area contributed by atoms with E-state index < -0.39 is 0 Å². The second kappa shape index (κ2) is 4.49. The Morgan fingerprint density at radius 2 is 2.14 bits per heavy atom. The molecule has 0 fully saturated rings. The van der Waals surface area contributed by atoms with Crippen molar-refractivity contribution in [2.75, 3.05) is 6.54 Å². The topological polar surface area (TPSA) is 39.2 Å². The molecule has 2 nitrogen and oxygen atoms in total. The number of nitrogens with two attached hydrogens (primary N) is 1. The summed E-state index contributed by atoms with van der Waals surface area (Å²) in [5.41, 5.74) is 8.89. The van der Waals surface area contributed by atoms with Gasteiger partial charge in [-0.3, -0.25) is 0 Å². The smallest absolute Gasteiger partial charge is 0.134 e. The van der Waals surface area contributed by atoms with Gasteiger partial charge in [0, 0.05) is 5.39 Å². The molecule has 1 aromatic heterocycles. The normalized spacial score (nSPS) is 10.1. The summed E-state index contributed by atoms with van der Waals surface area (Å²) in [5, 5.41) is 1.19. The van der Waals surface area contributed by atoms with E-state index in [9.17, 15) is 0 Å². The zero-order valence-electron chi connectivity index (χ0n) is 8.12. The third-order valence-electron chi connectivity index (χ3n) is 2.22. The van der Waals surface area contributed by atoms with Gasteiger partial charge in [0.1, 0.15) is 5.58 Å². The minimum Gasteiger partial charge on any atom is -0.464 e. The van der Waals surface area contributed by atoms with Crippen molar-refractivity contribution in [2.45, 2.75) is 13.3 Å². The molecule has 1 aromatic carbocycles. The number of fused-ring (bicyclic) bond motifs is 1. The second-order valence-electron chi connectivity index (χ2n) is 3.30. The van der Waals surface area contributed by atoms with Gasteiger partial charge in [0.05, 0.1) is 6.26 Å². The molecule has 0 bridgehead atoms. The molecule has 0 radical (unpaired) electrons. The number of rotatable bonds is 2. The number of halogens is 1. The SMILES string of the molecule is Cc1ccc2c(CCN)coc2c1.Cl. The van der Waals surface area contributed by atoms with Crippen LogP contribution in [0.5, 0.6) is 0 Å². The van der Waals surface area contributed by atoms with E-state index in [0.29, 0.717) is 6.54 Å². The lowest BCUT2D eigenvalue weighted by molar-refractivity contribution is 0.610. The Bertz CT molecular complexity index is 422. The van der Waals surface area contributed by atoms with E-state index in [1.165, 1.54) is 16.5 Å². The molecule has 0 aliphatic heterocycles. The molecular weight excluding hydrogens is 198 g/mol. The first-order chi connectivity index (χ1) is 6.31. The fourth-order valence-corrected chi connectivity index (χ4v) is 1.54. The second-order valence-corrected chi connectivity index (χ2v) is 3.30. The van der Waals surface area contributed by atoms with Crippen LogP contribution in [0.3, 0.4) is 0 Å². The van der Waals surface area contributed by atoms with E-state index in [0.717, 1.165) is 12.0 Å². The molecule has 1 heterocycles. The molecular formula is C11H14ClNO. The van der Waals surface area contributed by atoms with Gasteiger partial charge in [-0.1, -0.05) is 12.1 Å². The fraction of sp³-hybridized carbons (Fsp3) is 0.273. The van der Waals surface area contributed by atoms with Crippen molar-refractivity contribution >= 4 is 23.4 Å². The van der Waals surface area contributed by atoms with Crippen molar-refractivity contribution in [1.82, 2.24) is 0 Å². The van der Waals surface area contributed by atoms with Crippen LogP contribution in [0.4, 0.5) is 0 Å². The highest BCUT2D eigenvalue weighted by Crippen LogP contribution is 2.22. The summed E-state index contributed by atoms with van der Waals surface area (Å²) in [6.07, 6.45) is 2.69. The van der Waals surface area contributed by atoms with Crippen LogP contribution in [0.2, 0.25) is 0 Å². The van der Waals surface area contributed by atoms with E-state index in [1.807, 2.05) is 0 Å². The van der Waals surface area contributed by atoms with Gasteiger partial charge in [-0.05, 0) is 37.1 Å². The molecule has 0 amide bonds. The Kier molecular flexibility index (Phi) is 3.55. The summed E-state index contributed by atoms with van der Waals surface area (Å²) in [7, 11) is 0. The highest BCUT2D eigenvalue weighted by molar-refractivity contribution is 5.85. The molecule has 0 aliphatic carbocycles.